The molecule has 4 heteroatoms. The lowest BCUT2D eigenvalue weighted by molar-refractivity contribution is -0.139. The van der Waals surface area contributed by atoms with E-state index in [-0.39, 0.29) is 12.4 Å². The Kier molecular flexibility index (Phi) is 4.39. The largest absolute Gasteiger partial charge is 0.468 e. The van der Waals surface area contributed by atoms with Crippen LogP contribution in [0.15, 0.2) is 18.2 Å². The lowest BCUT2D eigenvalue weighted by Crippen LogP contribution is -1.97. The predicted molar refractivity (Wildman–Crippen MR) is 59.7 cm³/mol. The van der Waals surface area contributed by atoms with E-state index >= 15 is 0 Å². The molecule has 0 atom stereocenters. The topological polar surface area (TPSA) is 50.1 Å². The van der Waals surface area contributed by atoms with Gasteiger partial charge in [-0.2, -0.15) is 5.26 Å². The quantitative estimate of drug-likeness (QED) is 0.552. The first kappa shape index (κ1) is 12.1. The third-order valence-corrected chi connectivity index (χ3v) is 2.10. The second kappa shape index (κ2) is 5.80. The second-order valence-corrected chi connectivity index (χ2v) is 3.27. The average Bonchev–Trinajstić information content (AvgIpc) is 2.29. The molecular weight excluding hydrogens is 226 g/mol. The molecule has 0 bridgehead atoms. The van der Waals surface area contributed by atoms with Crippen LogP contribution in [0.4, 0.5) is 0 Å². The van der Waals surface area contributed by atoms with Crippen molar-refractivity contribution in [3.63, 3.8) is 0 Å². The van der Waals surface area contributed by atoms with Crippen molar-refractivity contribution in [3.05, 3.63) is 34.3 Å². The maximum absolute atomic E-state index is 10.8. The fraction of sp³-hybridized carbons (Fsp3) is 0.167. The van der Waals surface area contributed by atoms with E-state index in [2.05, 4.69) is 16.6 Å². The molecule has 0 radical (unpaired) electrons. The Morgan fingerprint density at radius 3 is 2.88 bits per heavy atom. The lowest BCUT2D eigenvalue weighted by atomic mass is 10.1. The van der Waals surface area contributed by atoms with Crippen molar-refractivity contribution < 1.29 is 9.53 Å². The Labute approximate surface area is 98.6 Å². The molecule has 0 amide bonds. The first-order valence-corrected chi connectivity index (χ1v) is 4.80. The zero-order valence-electron chi connectivity index (χ0n) is 8.58. The number of rotatable bonds is 1. The molecule has 0 aromatic heterocycles. The molecule has 0 heterocycles. The van der Waals surface area contributed by atoms with Crippen LogP contribution in [0.25, 0.3) is 0 Å². The molecule has 0 aliphatic carbocycles. The molecule has 0 N–H and O–H groups in total. The smallest absolute Gasteiger partial charge is 0.317 e. The highest BCUT2D eigenvalue weighted by Crippen LogP contribution is 2.16. The summed E-state index contributed by atoms with van der Waals surface area (Å²) in [4.78, 5) is 10.8. The molecule has 0 fully saturated rings. The molecule has 16 heavy (non-hydrogen) atoms. The summed E-state index contributed by atoms with van der Waals surface area (Å²) in [5, 5.41) is 9.01. The summed E-state index contributed by atoms with van der Waals surface area (Å²) in [7, 11) is 1.31. The van der Waals surface area contributed by atoms with Crippen LogP contribution in [-0.4, -0.2) is 13.1 Å². The van der Waals surface area contributed by atoms with Crippen LogP contribution in [-0.2, 0) is 9.53 Å². The van der Waals surface area contributed by atoms with Crippen molar-refractivity contribution in [2.45, 2.75) is 6.42 Å². The molecule has 0 spiro atoms. The van der Waals surface area contributed by atoms with E-state index in [0.29, 0.717) is 16.1 Å². The van der Waals surface area contributed by atoms with E-state index in [0.717, 1.165) is 0 Å². The number of carbonyl (C=O) groups excluding carboxylic acids is 1. The number of ether oxygens (including phenoxy) is 1. The van der Waals surface area contributed by atoms with Crippen LogP contribution >= 0.6 is 11.6 Å². The van der Waals surface area contributed by atoms with Gasteiger partial charge in [0, 0.05) is 5.56 Å². The molecular formula is C12H8ClNO2. The minimum Gasteiger partial charge on any atom is -0.468 e. The van der Waals surface area contributed by atoms with E-state index in [9.17, 15) is 4.79 Å². The average molecular weight is 234 g/mol. The molecule has 80 valence electrons. The number of nitriles is 1. The summed E-state index contributed by atoms with van der Waals surface area (Å²) in [6.07, 6.45) is 0.0358. The molecule has 0 saturated heterocycles. The predicted octanol–water partition coefficient (Wildman–Crippen LogP) is 2.13. The van der Waals surface area contributed by atoms with Gasteiger partial charge in [-0.3, -0.25) is 4.79 Å². The van der Waals surface area contributed by atoms with Gasteiger partial charge in [-0.1, -0.05) is 23.4 Å². The van der Waals surface area contributed by atoms with Crippen molar-refractivity contribution in [3.8, 4) is 17.9 Å². The Bertz CT molecular complexity index is 506. The molecule has 0 saturated carbocycles. The number of hydrogen-bond acceptors (Lipinski definition) is 3. The van der Waals surface area contributed by atoms with E-state index in [1.165, 1.54) is 7.11 Å². The van der Waals surface area contributed by atoms with Gasteiger partial charge in [0.05, 0.1) is 17.7 Å². The Balaban J connectivity index is 2.80. The highest BCUT2D eigenvalue weighted by atomic mass is 35.5. The van der Waals surface area contributed by atoms with Gasteiger partial charge in [0.25, 0.3) is 0 Å². The summed E-state index contributed by atoms with van der Waals surface area (Å²) < 4.78 is 4.44. The normalized spacial score (nSPS) is 8.56. The monoisotopic (exact) mass is 233 g/mol. The Hall–Kier alpha value is -1.97. The molecule has 0 unspecified atom stereocenters. The standard InChI is InChI=1S/C12H8ClNO2/c1-16-12(15)4-2-3-9-5-6-10(8-14)11(13)7-9/h5-7H,4H2,1H3. The minimum absolute atomic E-state index is 0.0358. The Morgan fingerprint density at radius 2 is 2.31 bits per heavy atom. The molecule has 3 nitrogen and oxygen atoms in total. The van der Waals surface area contributed by atoms with E-state index < -0.39 is 0 Å². The van der Waals surface area contributed by atoms with Crippen LogP contribution in [0, 0.1) is 23.2 Å². The highest BCUT2D eigenvalue weighted by molar-refractivity contribution is 6.31. The van der Waals surface area contributed by atoms with Crippen molar-refractivity contribution in [1.29, 1.82) is 5.26 Å². The number of methoxy groups -OCH3 is 1. The summed E-state index contributed by atoms with van der Waals surface area (Å²) >= 11 is 5.82. The fourth-order valence-corrected chi connectivity index (χ4v) is 1.20. The third kappa shape index (κ3) is 3.31. The van der Waals surface area contributed by atoms with Crippen LogP contribution in [0.5, 0.6) is 0 Å². The van der Waals surface area contributed by atoms with Gasteiger partial charge < -0.3 is 4.74 Å². The third-order valence-electron chi connectivity index (χ3n) is 1.78. The number of hydrogen-bond donors (Lipinski definition) is 0. The molecule has 0 aliphatic rings. The molecule has 0 aliphatic heterocycles. The van der Waals surface area contributed by atoms with Gasteiger partial charge in [0.1, 0.15) is 12.5 Å². The first-order valence-electron chi connectivity index (χ1n) is 4.42. The van der Waals surface area contributed by atoms with E-state index in [1.54, 1.807) is 18.2 Å². The summed E-state index contributed by atoms with van der Waals surface area (Å²) in [5.74, 6) is 5.03. The summed E-state index contributed by atoms with van der Waals surface area (Å²) in [6.45, 7) is 0. The van der Waals surface area contributed by atoms with Gasteiger partial charge in [-0.05, 0) is 18.2 Å². The van der Waals surface area contributed by atoms with Crippen molar-refractivity contribution in [2.75, 3.05) is 7.11 Å². The SMILES string of the molecule is COC(=O)CC#Cc1ccc(C#N)c(Cl)c1. The maximum atomic E-state index is 10.8. The number of halogens is 1. The van der Waals surface area contributed by atoms with E-state index in [4.69, 9.17) is 16.9 Å². The van der Waals surface area contributed by atoms with Gasteiger partial charge in [0.15, 0.2) is 0 Å². The number of carbonyl (C=O) groups is 1. The van der Waals surface area contributed by atoms with Crippen molar-refractivity contribution in [2.24, 2.45) is 0 Å². The van der Waals surface area contributed by atoms with Crippen LogP contribution in [0.1, 0.15) is 17.5 Å². The fourth-order valence-electron chi connectivity index (χ4n) is 0.974. The van der Waals surface area contributed by atoms with Gasteiger partial charge in [-0.25, -0.2) is 0 Å². The van der Waals surface area contributed by atoms with Crippen LogP contribution in [0.2, 0.25) is 5.02 Å². The zero-order chi connectivity index (χ0) is 12.0. The van der Waals surface area contributed by atoms with Crippen LogP contribution in [0.3, 0.4) is 0 Å². The second-order valence-electron chi connectivity index (χ2n) is 2.86. The highest BCUT2D eigenvalue weighted by Gasteiger charge is 1.99. The van der Waals surface area contributed by atoms with Crippen LogP contribution < -0.4 is 0 Å². The molecule has 1 aromatic rings. The van der Waals surface area contributed by atoms with Gasteiger partial charge >= 0.3 is 5.97 Å². The molecule has 1 aromatic carbocycles. The van der Waals surface area contributed by atoms with Crippen molar-refractivity contribution >= 4 is 17.6 Å². The number of nitrogens with zero attached hydrogens (tertiary/aromatic N) is 1. The van der Waals surface area contributed by atoms with Crippen molar-refractivity contribution in [1.82, 2.24) is 0 Å². The van der Waals surface area contributed by atoms with Gasteiger partial charge in [-0.15, -0.1) is 0 Å². The minimum atomic E-state index is -0.382. The summed E-state index contributed by atoms with van der Waals surface area (Å²) in [5.41, 5.74) is 1.06. The summed E-state index contributed by atoms with van der Waals surface area (Å²) in [6, 6.07) is 6.80. The molecule has 1 rings (SSSR count). The maximum Gasteiger partial charge on any atom is 0.317 e. The first-order chi connectivity index (χ1) is 7.67. The van der Waals surface area contributed by atoms with Gasteiger partial charge in [0.2, 0.25) is 0 Å². The lowest BCUT2D eigenvalue weighted by Gasteiger charge is -1.95. The number of esters is 1. The zero-order valence-corrected chi connectivity index (χ0v) is 9.34. The number of benzene rings is 1. The Morgan fingerprint density at radius 1 is 1.56 bits per heavy atom. The van der Waals surface area contributed by atoms with E-state index in [1.807, 2.05) is 6.07 Å².